The van der Waals surface area contributed by atoms with E-state index in [0.717, 1.165) is 25.7 Å². The molecule has 1 atom stereocenters. The zero-order valence-corrected chi connectivity index (χ0v) is 10.6. The largest absolute Gasteiger partial charge is 0.296 e. The highest BCUT2D eigenvalue weighted by Gasteiger charge is 2.50. The summed E-state index contributed by atoms with van der Waals surface area (Å²) in [5.41, 5.74) is 0.389. The molecule has 2 fully saturated rings. The molecular formula is C15H16FNO2. The number of hydrogen-bond donors (Lipinski definition) is 1. The molecule has 1 N–H and O–H groups in total. The second-order valence-corrected chi connectivity index (χ2v) is 5.65. The van der Waals surface area contributed by atoms with Crippen molar-refractivity contribution in [3.8, 4) is 0 Å². The van der Waals surface area contributed by atoms with Gasteiger partial charge in [-0.25, -0.2) is 4.39 Å². The van der Waals surface area contributed by atoms with Crippen LogP contribution in [0.2, 0.25) is 0 Å². The SMILES string of the molecule is O=C1CC2(CCCC2)C(c2cccc(F)c2)C(=O)N1. The molecule has 1 heterocycles. The molecule has 0 aromatic heterocycles. The number of amides is 2. The maximum absolute atomic E-state index is 13.4. The second kappa shape index (κ2) is 4.44. The van der Waals surface area contributed by atoms with Crippen molar-refractivity contribution < 1.29 is 14.0 Å². The van der Waals surface area contributed by atoms with Crippen molar-refractivity contribution in [2.24, 2.45) is 5.41 Å². The molecule has 1 spiro atoms. The Hall–Kier alpha value is -1.71. The Balaban J connectivity index is 2.05. The molecule has 3 nitrogen and oxygen atoms in total. The van der Waals surface area contributed by atoms with E-state index in [4.69, 9.17) is 0 Å². The molecule has 1 saturated carbocycles. The number of piperidine rings is 1. The van der Waals surface area contributed by atoms with Gasteiger partial charge in [-0.1, -0.05) is 25.0 Å². The molecule has 0 radical (unpaired) electrons. The van der Waals surface area contributed by atoms with Crippen molar-refractivity contribution in [2.45, 2.75) is 38.0 Å². The highest BCUT2D eigenvalue weighted by Crippen LogP contribution is 2.52. The molecule has 4 heteroatoms. The summed E-state index contributed by atoms with van der Waals surface area (Å²) in [4.78, 5) is 23.9. The Kier molecular flexibility index (Phi) is 2.88. The minimum atomic E-state index is -0.400. The molecule has 0 bridgehead atoms. The van der Waals surface area contributed by atoms with Crippen LogP contribution in [0.25, 0.3) is 0 Å². The minimum absolute atomic E-state index is 0.195. The van der Waals surface area contributed by atoms with E-state index in [-0.39, 0.29) is 23.0 Å². The molecular weight excluding hydrogens is 245 g/mol. The lowest BCUT2D eigenvalue weighted by Crippen LogP contribution is -2.49. The van der Waals surface area contributed by atoms with Gasteiger partial charge in [0.15, 0.2) is 0 Å². The monoisotopic (exact) mass is 261 g/mol. The van der Waals surface area contributed by atoms with Crippen molar-refractivity contribution in [2.75, 3.05) is 0 Å². The first kappa shape index (κ1) is 12.3. The van der Waals surface area contributed by atoms with E-state index in [1.165, 1.54) is 12.1 Å². The Labute approximate surface area is 111 Å². The maximum Gasteiger partial charge on any atom is 0.234 e. The summed E-state index contributed by atoms with van der Waals surface area (Å²) in [6, 6.07) is 6.19. The van der Waals surface area contributed by atoms with E-state index in [1.807, 2.05) is 0 Å². The average molecular weight is 261 g/mol. The molecule has 100 valence electrons. The molecule has 1 saturated heterocycles. The van der Waals surface area contributed by atoms with Gasteiger partial charge in [0.25, 0.3) is 0 Å². The summed E-state index contributed by atoms with van der Waals surface area (Å²) < 4.78 is 13.4. The second-order valence-electron chi connectivity index (χ2n) is 5.65. The van der Waals surface area contributed by atoms with Gasteiger partial charge in [-0.3, -0.25) is 14.9 Å². The highest BCUT2D eigenvalue weighted by atomic mass is 19.1. The predicted octanol–water partition coefficient (Wildman–Crippen LogP) is 2.52. The fraction of sp³-hybridized carbons (Fsp3) is 0.467. The fourth-order valence-electron chi connectivity index (χ4n) is 3.69. The predicted molar refractivity (Wildman–Crippen MR) is 67.8 cm³/mol. The van der Waals surface area contributed by atoms with Crippen LogP contribution in [-0.4, -0.2) is 11.8 Å². The van der Waals surface area contributed by atoms with Gasteiger partial charge < -0.3 is 0 Å². The number of halogens is 1. The summed E-state index contributed by atoms with van der Waals surface area (Å²) >= 11 is 0. The van der Waals surface area contributed by atoms with Gasteiger partial charge in [-0.05, 0) is 36.0 Å². The summed E-state index contributed by atoms with van der Waals surface area (Å²) in [7, 11) is 0. The Bertz CT molecular complexity index is 535. The number of benzene rings is 1. The van der Waals surface area contributed by atoms with Gasteiger partial charge in [0, 0.05) is 6.42 Å². The number of nitrogens with one attached hydrogen (secondary N) is 1. The van der Waals surface area contributed by atoms with Crippen molar-refractivity contribution in [1.82, 2.24) is 5.32 Å². The van der Waals surface area contributed by atoms with E-state index in [2.05, 4.69) is 5.32 Å². The lowest BCUT2D eigenvalue weighted by atomic mass is 9.66. The van der Waals surface area contributed by atoms with Crippen LogP contribution in [0.15, 0.2) is 24.3 Å². The van der Waals surface area contributed by atoms with Gasteiger partial charge in [0.1, 0.15) is 5.82 Å². The smallest absolute Gasteiger partial charge is 0.234 e. The highest BCUT2D eigenvalue weighted by molar-refractivity contribution is 6.02. The Morgan fingerprint density at radius 2 is 1.95 bits per heavy atom. The summed E-state index contributed by atoms with van der Waals surface area (Å²) in [6.45, 7) is 0. The number of hydrogen-bond acceptors (Lipinski definition) is 2. The van der Waals surface area contributed by atoms with Gasteiger partial charge in [0.05, 0.1) is 5.92 Å². The average Bonchev–Trinajstić information content (AvgIpc) is 2.76. The molecule has 2 aliphatic rings. The third kappa shape index (κ3) is 2.05. The zero-order valence-electron chi connectivity index (χ0n) is 10.6. The van der Waals surface area contributed by atoms with Crippen molar-refractivity contribution >= 4 is 11.8 Å². The van der Waals surface area contributed by atoms with Crippen LogP contribution < -0.4 is 5.32 Å². The quantitative estimate of drug-likeness (QED) is 0.789. The van der Waals surface area contributed by atoms with Gasteiger partial charge in [-0.2, -0.15) is 0 Å². The van der Waals surface area contributed by atoms with Crippen LogP contribution in [0.4, 0.5) is 4.39 Å². The van der Waals surface area contributed by atoms with Crippen LogP contribution in [0.5, 0.6) is 0 Å². The first-order chi connectivity index (χ1) is 9.11. The summed E-state index contributed by atoms with van der Waals surface area (Å²) in [5, 5.41) is 2.40. The van der Waals surface area contributed by atoms with Crippen LogP contribution in [-0.2, 0) is 9.59 Å². The lowest BCUT2D eigenvalue weighted by molar-refractivity contribution is -0.139. The molecule has 3 rings (SSSR count). The van der Waals surface area contributed by atoms with Crippen LogP contribution in [0, 0.1) is 11.2 Å². The van der Waals surface area contributed by atoms with Crippen molar-refractivity contribution in [3.05, 3.63) is 35.6 Å². The molecule has 2 amide bonds. The molecule has 1 aromatic carbocycles. The molecule has 19 heavy (non-hydrogen) atoms. The fourth-order valence-corrected chi connectivity index (χ4v) is 3.69. The molecule has 1 aromatic rings. The molecule has 1 aliphatic heterocycles. The van der Waals surface area contributed by atoms with Crippen LogP contribution in [0.1, 0.15) is 43.6 Å². The van der Waals surface area contributed by atoms with Crippen molar-refractivity contribution in [1.29, 1.82) is 0 Å². The van der Waals surface area contributed by atoms with E-state index in [0.29, 0.717) is 12.0 Å². The standard InChI is InChI=1S/C15H16FNO2/c16-11-5-3-4-10(8-11)13-14(19)17-12(18)9-15(13)6-1-2-7-15/h3-5,8,13H,1-2,6-7,9H2,(H,17,18,19). The number of carbonyl (C=O) groups excluding carboxylic acids is 2. The Morgan fingerprint density at radius 1 is 1.21 bits per heavy atom. The summed E-state index contributed by atoms with van der Waals surface area (Å²) in [5.74, 6) is -1.21. The number of rotatable bonds is 1. The molecule has 1 aliphatic carbocycles. The van der Waals surface area contributed by atoms with E-state index >= 15 is 0 Å². The third-order valence-electron chi connectivity index (χ3n) is 4.43. The maximum atomic E-state index is 13.4. The van der Waals surface area contributed by atoms with Crippen LogP contribution >= 0.6 is 0 Å². The first-order valence-electron chi connectivity index (χ1n) is 6.70. The number of imide groups is 1. The van der Waals surface area contributed by atoms with E-state index in [1.54, 1.807) is 12.1 Å². The molecule has 1 unspecified atom stereocenters. The minimum Gasteiger partial charge on any atom is -0.296 e. The zero-order chi connectivity index (χ0) is 13.5. The Morgan fingerprint density at radius 3 is 2.63 bits per heavy atom. The van der Waals surface area contributed by atoms with E-state index in [9.17, 15) is 14.0 Å². The van der Waals surface area contributed by atoms with Crippen molar-refractivity contribution in [3.63, 3.8) is 0 Å². The van der Waals surface area contributed by atoms with Crippen LogP contribution in [0.3, 0.4) is 0 Å². The normalized spacial score (nSPS) is 25.6. The first-order valence-corrected chi connectivity index (χ1v) is 6.70. The van der Waals surface area contributed by atoms with E-state index < -0.39 is 5.92 Å². The van der Waals surface area contributed by atoms with Gasteiger partial charge in [0.2, 0.25) is 11.8 Å². The number of carbonyl (C=O) groups is 2. The van der Waals surface area contributed by atoms with Gasteiger partial charge in [-0.15, -0.1) is 0 Å². The summed E-state index contributed by atoms with van der Waals surface area (Å²) in [6.07, 6.45) is 4.18. The third-order valence-corrected chi connectivity index (χ3v) is 4.43. The lowest BCUT2D eigenvalue weighted by Gasteiger charge is -2.40. The topological polar surface area (TPSA) is 46.2 Å². The van der Waals surface area contributed by atoms with Gasteiger partial charge >= 0.3 is 0 Å².